The molecule has 9 heteroatoms. The Morgan fingerprint density at radius 3 is 2.44 bits per heavy atom. The Bertz CT molecular complexity index is 1560. The predicted octanol–water partition coefficient (Wildman–Crippen LogP) is 5.48. The van der Waals surface area contributed by atoms with Crippen LogP contribution >= 0.6 is 0 Å². The van der Waals surface area contributed by atoms with Crippen LogP contribution in [0.3, 0.4) is 0 Å². The first-order chi connectivity index (χ1) is 20.6. The lowest BCUT2D eigenvalue weighted by molar-refractivity contribution is -0.122. The van der Waals surface area contributed by atoms with Crippen LogP contribution in [0.25, 0.3) is 22.0 Å². The van der Waals surface area contributed by atoms with E-state index in [1.54, 1.807) is 16.7 Å². The van der Waals surface area contributed by atoms with Gasteiger partial charge in [0.2, 0.25) is 11.8 Å². The Morgan fingerprint density at radius 2 is 1.72 bits per heavy atom. The zero-order valence-electron chi connectivity index (χ0n) is 25.2. The number of rotatable bonds is 8. The van der Waals surface area contributed by atoms with Crippen molar-refractivity contribution in [2.24, 2.45) is 11.1 Å². The van der Waals surface area contributed by atoms with E-state index in [4.69, 9.17) is 5.73 Å². The Kier molecular flexibility index (Phi) is 8.02. The summed E-state index contributed by atoms with van der Waals surface area (Å²) in [5.74, 6) is -0.825. The van der Waals surface area contributed by atoms with Crippen LogP contribution in [0.15, 0.2) is 36.4 Å². The molecule has 3 heterocycles. The van der Waals surface area contributed by atoms with Gasteiger partial charge in [-0.3, -0.25) is 19.0 Å². The summed E-state index contributed by atoms with van der Waals surface area (Å²) in [6.45, 7) is 7.17. The summed E-state index contributed by atoms with van der Waals surface area (Å²) >= 11 is 0. The molecule has 228 valence electrons. The number of carbonyl (C=O) groups excluding carboxylic acids is 3. The van der Waals surface area contributed by atoms with Gasteiger partial charge in [-0.1, -0.05) is 19.9 Å². The third-order valence-corrected chi connectivity index (χ3v) is 9.43. The van der Waals surface area contributed by atoms with Crippen molar-refractivity contribution in [2.75, 3.05) is 25.0 Å². The summed E-state index contributed by atoms with van der Waals surface area (Å²) in [4.78, 5) is 40.6. The number of benzene rings is 2. The van der Waals surface area contributed by atoms with Crippen molar-refractivity contribution in [3.8, 4) is 11.1 Å². The Morgan fingerprint density at radius 1 is 1.00 bits per heavy atom. The number of aromatic nitrogens is 1. The highest BCUT2D eigenvalue weighted by atomic mass is 19.1. The van der Waals surface area contributed by atoms with E-state index in [0.717, 1.165) is 67.5 Å². The molecule has 2 amide bonds. The third-order valence-electron chi connectivity index (χ3n) is 9.43. The molecule has 6 rings (SSSR count). The normalized spacial score (nSPS) is 22.0. The summed E-state index contributed by atoms with van der Waals surface area (Å²) in [5, 5.41) is 7.60. The molecular weight excluding hydrogens is 545 g/mol. The largest absolute Gasteiger partial charge is 0.382 e. The number of nitrogens with two attached hydrogens (primary N) is 1. The molecule has 43 heavy (non-hydrogen) atoms. The Hall–Kier alpha value is -3.72. The average molecular weight is 588 g/mol. The SMILES string of the molecule is CC1(C)CC(=O)n2c(c(-c3ccc(C(N)=O)c(N[C@H]4CC[C@H](NC(=O)CCN5CCCC5)CC4)c3)c3ccc(F)cc32)C1. The van der Waals surface area contributed by atoms with Crippen molar-refractivity contribution in [3.05, 3.63) is 53.5 Å². The number of hydrogen-bond donors (Lipinski definition) is 3. The zero-order chi connectivity index (χ0) is 30.3. The molecule has 1 aliphatic carbocycles. The first kappa shape index (κ1) is 29.4. The predicted molar refractivity (Wildman–Crippen MR) is 167 cm³/mol. The van der Waals surface area contributed by atoms with Gasteiger partial charge in [-0.2, -0.15) is 0 Å². The molecule has 0 atom stereocenters. The topological polar surface area (TPSA) is 109 Å². The van der Waals surface area contributed by atoms with Crippen molar-refractivity contribution >= 4 is 34.3 Å². The highest BCUT2D eigenvalue weighted by molar-refractivity contribution is 6.06. The van der Waals surface area contributed by atoms with Crippen LogP contribution in [-0.2, 0) is 11.2 Å². The van der Waals surface area contributed by atoms with Gasteiger partial charge in [0, 0.05) is 53.8 Å². The summed E-state index contributed by atoms with van der Waals surface area (Å²) in [6.07, 6.45) is 7.47. The molecule has 2 fully saturated rings. The monoisotopic (exact) mass is 587 g/mol. The molecule has 2 aliphatic heterocycles. The molecular formula is C34H42FN5O3. The van der Waals surface area contributed by atoms with Crippen LogP contribution in [0, 0.1) is 11.2 Å². The summed E-state index contributed by atoms with van der Waals surface area (Å²) in [7, 11) is 0. The van der Waals surface area contributed by atoms with E-state index in [-0.39, 0.29) is 35.1 Å². The zero-order valence-corrected chi connectivity index (χ0v) is 25.2. The third kappa shape index (κ3) is 6.18. The van der Waals surface area contributed by atoms with E-state index in [9.17, 15) is 18.8 Å². The molecule has 0 spiro atoms. The molecule has 0 bridgehead atoms. The molecule has 2 aromatic carbocycles. The van der Waals surface area contributed by atoms with Crippen molar-refractivity contribution in [1.82, 2.24) is 14.8 Å². The fourth-order valence-corrected chi connectivity index (χ4v) is 7.29. The number of amides is 2. The second-order valence-corrected chi connectivity index (χ2v) is 13.4. The summed E-state index contributed by atoms with van der Waals surface area (Å²) in [6, 6.07) is 10.4. The first-order valence-electron chi connectivity index (χ1n) is 15.7. The van der Waals surface area contributed by atoms with Crippen LogP contribution in [0.2, 0.25) is 0 Å². The van der Waals surface area contributed by atoms with E-state index in [2.05, 4.69) is 29.4 Å². The number of nitrogens with zero attached hydrogens (tertiary/aromatic N) is 2. The van der Waals surface area contributed by atoms with E-state index in [1.165, 1.54) is 25.0 Å². The highest BCUT2D eigenvalue weighted by Crippen LogP contribution is 2.43. The van der Waals surface area contributed by atoms with Crippen LogP contribution in [0.5, 0.6) is 0 Å². The van der Waals surface area contributed by atoms with Gasteiger partial charge in [-0.15, -0.1) is 0 Å². The molecule has 4 N–H and O–H groups in total. The second-order valence-electron chi connectivity index (χ2n) is 13.4. The fourth-order valence-electron chi connectivity index (χ4n) is 7.29. The number of primary amides is 1. The van der Waals surface area contributed by atoms with Crippen LogP contribution in [-0.4, -0.2) is 58.9 Å². The minimum atomic E-state index is -0.518. The quantitative estimate of drug-likeness (QED) is 0.323. The number of hydrogen-bond acceptors (Lipinski definition) is 5. The smallest absolute Gasteiger partial charge is 0.250 e. The Balaban J connectivity index is 1.22. The van der Waals surface area contributed by atoms with E-state index in [1.807, 2.05) is 12.1 Å². The molecule has 1 saturated carbocycles. The number of nitrogens with one attached hydrogen (secondary N) is 2. The van der Waals surface area contributed by atoms with E-state index in [0.29, 0.717) is 36.0 Å². The van der Waals surface area contributed by atoms with Crippen molar-refractivity contribution in [3.63, 3.8) is 0 Å². The molecule has 1 aromatic heterocycles. The van der Waals surface area contributed by atoms with Gasteiger partial charge in [-0.25, -0.2) is 4.39 Å². The maximum Gasteiger partial charge on any atom is 0.250 e. The fraction of sp³-hybridized carbons (Fsp3) is 0.500. The van der Waals surface area contributed by atoms with Gasteiger partial charge >= 0.3 is 0 Å². The van der Waals surface area contributed by atoms with E-state index >= 15 is 0 Å². The maximum atomic E-state index is 14.4. The first-order valence-corrected chi connectivity index (χ1v) is 15.7. The molecule has 8 nitrogen and oxygen atoms in total. The number of halogens is 1. The van der Waals surface area contributed by atoms with E-state index < -0.39 is 5.91 Å². The number of likely N-dealkylation sites (tertiary alicyclic amines) is 1. The van der Waals surface area contributed by atoms with Gasteiger partial charge < -0.3 is 21.3 Å². The molecule has 1 saturated heterocycles. The average Bonchev–Trinajstić information content (AvgIpc) is 3.58. The minimum Gasteiger partial charge on any atom is -0.382 e. The van der Waals surface area contributed by atoms with Gasteiger partial charge in [0.1, 0.15) is 5.82 Å². The van der Waals surface area contributed by atoms with Gasteiger partial charge in [-0.05, 0) is 99.3 Å². The Labute approximate surface area is 252 Å². The standard InChI is InChI=1S/C34H42FN5O3/c1-34(2)19-29-32(26-12-6-22(35)18-28(26)40(29)31(42)20-34)21-5-11-25(33(36)43)27(17-21)37-23-7-9-24(10-8-23)38-30(41)13-16-39-14-3-4-15-39/h5-6,11-12,17-18,23-24,37H,3-4,7-10,13-16,19-20H2,1-2H3,(H2,36,43)(H,38,41)/t23-,24-. The highest BCUT2D eigenvalue weighted by Gasteiger charge is 2.35. The lowest BCUT2D eigenvalue weighted by atomic mass is 9.80. The molecule has 3 aliphatic rings. The number of fused-ring (bicyclic) bond motifs is 3. The maximum absolute atomic E-state index is 14.4. The van der Waals surface area contributed by atoms with Crippen LogP contribution < -0.4 is 16.4 Å². The van der Waals surface area contributed by atoms with Crippen LogP contribution in [0.4, 0.5) is 10.1 Å². The molecule has 0 unspecified atom stereocenters. The van der Waals surface area contributed by atoms with Gasteiger partial charge in [0.25, 0.3) is 5.91 Å². The summed E-state index contributed by atoms with van der Waals surface area (Å²) < 4.78 is 16.0. The van der Waals surface area contributed by atoms with Gasteiger partial charge in [0.15, 0.2) is 0 Å². The summed E-state index contributed by atoms with van der Waals surface area (Å²) in [5.41, 5.74) is 9.78. The lowest BCUT2D eigenvalue weighted by Gasteiger charge is -2.31. The van der Waals surface area contributed by atoms with Crippen molar-refractivity contribution in [2.45, 2.75) is 83.7 Å². The van der Waals surface area contributed by atoms with Crippen LogP contribution in [0.1, 0.15) is 86.1 Å². The van der Waals surface area contributed by atoms with Gasteiger partial charge in [0.05, 0.1) is 11.1 Å². The lowest BCUT2D eigenvalue weighted by Crippen LogP contribution is -2.41. The van der Waals surface area contributed by atoms with Crippen molar-refractivity contribution in [1.29, 1.82) is 0 Å². The minimum absolute atomic E-state index is 0.0416. The molecule has 3 aromatic rings. The second kappa shape index (κ2) is 11.8. The number of anilines is 1. The molecule has 0 radical (unpaired) electrons. The number of carbonyl (C=O) groups is 3. The van der Waals surface area contributed by atoms with Crippen molar-refractivity contribution < 1.29 is 18.8 Å².